The molecule has 0 aliphatic heterocycles. The third-order valence-electron chi connectivity index (χ3n) is 4.96. The zero-order valence-electron chi connectivity index (χ0n) is 15.4. The van der Waals surface area contributed by atoms with Crippen LogP contribution < -0.4 is 0 Å². The summed E-state index contributed by atoms with van der Waals surface area (Å²) in [7, 11) is 0. The van der Waals surface area contributed by atoms with Crippen molar-refractivity contribution < 1.29 is 4.39 Å². The zero-order valence-corrected chi connectivity index (χ0v) is 15.4. The smallest absolute Gasteiger partial charge is 0.123 e. The average Bonchev–Trinajstić information content (AvgIpc) is 2.69. The van der Waals surface area contributed by atoms with Gasteiger partial charge in [-0.1, -0.05) is 37.3 Å². The molecule has 1 aromatic heterocycles. The molecule has 0 radical (unpaired) electrons. The van der Waals surface area contributed by atoms with Crippen LogP contribution in [0, 0.1) is 29.5 Å². The molecule has 3 rings (SSSR count). The second-order valence-electron chi connectivity index (χ2n) is 7.04. The fourth-order valence-corrected chi connectivity index (χ4v) is 3.36. The van der Waals surface area contributed by atoms with Crippen molar-refractivity contribution in [1.29, 1.82) is 0 Å². The minimum absolute atomic E-state index is 0.230. The molecule has 134 valence electrons. The second-order valence-corrected chi connectivity index (χ2v) is 7.04. The van der Waals surface area contributed by atoms with E-state index < -0.39 is 0 Å². The molecule has 1 fully saturated rings. The largest absolute Gasteiger partial charge is 0.255 e. The lowest BCUT2D eigenvalue weighted by atomic mass is 9.82. The van der Waals surface area contributed by atoms with Crippen LogP contribution in [0.25, 0.3) is 11.3 Å². The summed E-state index contributed by atoms with van der Waals surface area (Å²) in [6.07, 6.45) is 13.9. The average molecular weight is 347 g/mol. The van der Waals surface area contributed by atoms with Gasteiger partial charge in [-0.2, -0.15) is 0 Å². The summed E-state index contributed by atoms with van der Waals surface area (Å²) in [6, 6.07) is 10.4. The standard InChI is InChI=1S/C24H26FN/c1-2-3-4-5-19-6-8-20(9-7-19)10-11-21-12-17-24(26-18-21)22-13-15-23(25)16-14-22/h4-5,12-20H,2-3,6-9H2,1H3. The molecule has 2 aromatic rings. The number of benzene rings is 1. The fraction of sp³-hybridized carbons (Fsp3) is 0.375. The van der Waals surface area contributed by atoms with Crippen molar-refractivity contribution in [2.24, 2.45) is 11.8 Å². The molecule has 0 unspecified atom stereocenters. The SMILES string of the molecule is CCCC=CC1CCC(C#Cc2ccc(-c3ccc(F)cc3)nc2)CC1. The van der Waals surface area contributed by atoms with Gasteiger partial charge in [0.05, 0.1) is 5.69 Å². The van der Waals surface area contributed by atoms with Crippen LogP contribution in [0.5, 0.6) is 0 Å². The van der Waals surface area contributed by atoms with E-state index in [2.05, 4.69) is 35.9 Å². The van der Waals surface area contributed by atoms with E-state index in [9.17, 15) is 4.39 Å². The molecular weight excluding hydrogens is 321 g/mol. The third kappa shape index (κ3) is 5.30. The van der Waals surface area contributed by atoms with E-state index in [0.29, 0.717) is 5.92 Å². The molecule has 0 bridgehead atoms. The van der Waals surface area contributed by atoms with Gasteiger partial charge in [-0.3, -0.25) is 4.98 Å². The lowest BCUT2D eigenvalue weighted by Gasteiger charge is -2.23. The van der Waals surface area contributed by atoms with Crippen molar-refractivity contribution in [3.8, 4) is 23.1 Å². The van der Waals surface area contributed by atoms with Gasteiger partial charge in [-0.25, -0.2) is 4.39 Å². The summed E-state index contributed by atoms with van der Waals surface area (Å²) >= 11 is 0. The van der Waals surface area contributed by atoms with Crippen LogP contribution in [0.4, 0.5) is 4.39 Å². The molecule has 1 aliphatic rings. The predicted octanol–water partition coefficient (Wildman–Crippen LogP) is 6.40. The maximum Gasteiger partial charge on any atom is 0.123 e. The summed E-state index contributed by atoms with van der Waals surface area (Å²) in [6.45, 7) is 2.22. The van der Waals surface area contributed by atoms with E-state index in [0.717, 1.165) is 22.7 Å². The summed E-state index contributed by atoms with van der Waals surface area (Å²) < 4.78 is 13.0. The van der Waals surface area contributed by atoms with Crippen LogP contribution in [-0.4, -0.2) is 4.98 Å². The first kappa shape index (κ1) is 18.4. The van der Waals surface area contributed by atoms with Crippen LogP contribution in [0.15, 0.2) is 54.7 Å². The number of hydrogen-bond acceptors (Lipinski definition) is 1. The van der Waals surface area contributed by atoms with Gasteiger partial charge in [-0.15, -0.1) is 0 Å². The Morgan fingerprint density at radius 2 is 1.85 bits per heavy atom. The Morgan fingerprint density at radius 3 is 2.50 bits per heavy atom. The second kappa shape index (κ2) is 9.34. The number of nitrogens with zero attached hydrogens (tertiary/aromatic N) is 1. The van der Waals surface area contributed by atoms with E-state index in [-0.39, 0.29) is 5.82 Å². The number of rotatable bonds is 4. The molecule has 1 saturated carbocycles. The first-order valence-electron chi connectivity index (χ1n) is 9.65. The Balaban J connectivity index is 1.55. The highest BCUT2D eigenvalue weighted by Gasteiger charge is 2.17. The van der Waals surface area contributed by atoms with E-state index in [1.54, 1.807) is 12.1 Å². The highest BCUT2D eigenvalue weighted by molar-refractivity contribution is 5.59. The number of unbranched alkanes of at least 4 members (excludes halogenated alkanes) is 1. The van der Waals surface area contributed by atoms with Crippen molar-refractivity contribution in [2.75, 3.05) is 0 Å². The van der Waals surface area contributed by atoms with Gasteiger partial charge in [-0.05, 0) is 74.4 Å². The van der Waals surface area contributed by atoms with Crippen molar-refractivity contribution in [1.82, 2.24) is 4.98 Å². The lowest BCUT2D eigenvalue weighted by molar-refractivity contribution is 0.364. The summed E-state index contributed by atoms with van der Waals surface area (Å²) in [4.78, 5) is 4.46. The minimum atomic E-state index is -0.230. The van der Waals surface area contributed by atoms with Crippen LogP contribution in [0.2, 0.25) is 0 Å². The van der Waals surface area contributed by atoms with Gasteiger partial charge < -0.3 is 0 Å². The summed E-state index contributed by atoms with van der Waals surface area (Å²) in [5.41, 5.74) is 2.70. The van der Waals surface area contributed by atoms with E-state index >= 15 is 0 Å². The first-order chi connectivity index (χ1) is 12.7. The van der Waals surface area contributed by atoms with Crippen LogP contribution in [0.3, 0.4) is 0 Å². The predicted molar refractivity (Wildman–Crippen MR) is 106 cm³/mol. The fourth-order valence-electron chi connectivity index (χ4n) is 3.36. The van der Waals surface area contributed by atoms with Crippen LogP contribution in [-0.2, 0) is 0 Å². The molecule has 1 aliphatic carbocycles. The molecule has 2 heteroatoms. The van der Waals surface area contributed by atoms with Gasteiger partial charge in [0.15, 0.2) is 0 Å². The molecule has 0 saturated heterocycles. The maximum absolute atomic E-state index is 13.0. The van der Waals surface area contributed by atoms with Gasteiger partial charge in [0.25, 0.3) is 0 Å². The van der Waals surface area contributed by atoms with Crippen LogP contribution in [0.1, 0.15) is 51.0 Å². The van der Waals surface area contributed by atoms with Gasteiger partial charge in [0.1, 0.15) is 5.82 Å². The summed E-state index contributed by atoms with van der Waals surface area (Å²) in [5.74, 6) is 7.73. The number of halogens is 1. The molecule has 1 heterocycles. The quantitative estimate of drug-likeness (QED) is 0.460. The Hall–Kier alpha value is -2.40. The highest BCUT2D eigenvalue weighted by Crippen LogP contribution is 2.29. The monoisotopic (exact) mass is 347 g/mol. The normalized spacial score (nSPS) is 19.9. The summed E-state index contributed by atoms with van der Waals surface area (Å²) in [5, 5.41) is 0. The highest BCUT2D eigenvalue weighted by atomic mass is 19.1. The number of aromatic nitrogens is 1. The van der Waals surface area contributed by atoms with Gasteiger partial charge in [0, 0.05) is 23.2 Å². The molecule has 1 aromatic carbocycles. The van der Waals surface area contributed by atoms with Gasteiger partial charge in [0.2, 0.25) is 0 Å². The van der Waals surface area contributed by atoms with E-state index in [1.165, 1.54) is 50.7 Å². The Kier molecular flexibility index (Phi) is 6.61. The van der Waals surface area contributed by atoms with E-state index in [1.807, 2.05) is 18.3 Å². The van der Waals surface area contributed by atoms with E-state index in [4.69, 9.17) is 0 Å². The molecule has 1 nitrogen and oxygen atoms in total. The maximum atomic E-state index is 13.0. The Morgan fingerprint density at radius 1 is 1.08 bits per heavy atom. The Labute approximate surface area is 156 Å². The molecular formula is C24H26FN. The minimum Gasteiger partial charge on any atom is -0.255 e. The number of pyridine rings is 1. The topological polar surface area (TPSA) is 12.9 Å². The molecule has 0 spiro atoms. The first-order valence-corrected chi connectivity index (χ1v) is 9.65. The van der Waals surface area contributed by atoms with Crippen molar-refractivity contribution in [2.45, 2.75) is 45.4 Å². The molecule has 0 N–H and O–H groups in total. The number of hydrogen-bond donors (Lipinski definition) is 0. The van der Waals surface area contributed by atoms with Crippen LogP contribution >= 0.6 is 0 Å². The lowest BCUT2D eigenvalue weighted by Crippen LogP contribution is -2.11. The molecule has 0 atom stereocenters. The molecule has 0 amide bonds. The van der Waals surface area contributed by atoms with Crippen molar-refractivity contribution in [3.63, 3.8) is 0 Å². The Bertz CT molecular complexity index is 770. The zero-order chi connectivity index (χ0) is 18.2. The number of allylic oxidation sites excluding steroid dienone is 2. The van der Waals surface area contributed by atoms with Crippen molar-refractivity contribution >= 4 is 0 Å². The molecule has 26 heavy (non-hydrogen) atoms. The van der Waals surface area contributed by atoms with Crippen molar-refractivity contribution in [3.05, 3.63) is 66.1 Å². The van der Waals surface area contributed by atoms with Gasteiger partial charge >= 0.3 is 0 Å². The third-order valence-corrected chi connectivity index (χ3v) is 4.96.